The zero-order valence-corrected chi connectivity index (χ0v) is 16.5. The molecule has 0 saturated carbocycles. The lowest BCUT2D eigenvalue weighted by molar-refractivity contribution is 0.528. The zero-order chi connectivity index (χ0) is 15.4. The number of nitrogens with zero attached hydrogens (tertiary/aromatic N) is 2. The highest BCUT2D eigenvalue weighted by Gasteiger charge is 2.21. The fourth-order valence-electron chi connectivity index (χ4n) is 2.26. The molecule has 1 unspecified atom stereocenters. The highest BCUT2D eigenvalue weighted by atomic mass is 127. The summed E-state index contributed by atoms with van der Waals surface area (Å²) in [4.78, 5) is 0. The van der Waals surface area contributed by atoms with E-state index in [9.17, 15) is 0 Å². The molecule has 2 aromatic rings. The summed E-state index contributed by atoms with van der Waals surface area (Å²) in [6.07, 6.45) is 2.93. The number of benzene rings is 1. The van der Waals surface area contributed by atoms with Gasteiger partial charge in [0, 0.05) is 10.1 Å². The van der Waals surface area contributed by atoms with Gasteiger partial charge in [0.25, 0.3) is 0 Å². The molecule has 3 nitrogen and oxygen atoms in total. The SMILES string of the molecule is CCCNC(c1ccc(I)c(Cl)c1)c1c(Br)cnn1CC. The van der Waals surface area contributed by atoms with Gasteiger partial charge in [0.05, 0.1) is 27.4 Å². The van der Waals surface area contributed by atoms with E-state index in [-0.39, 0.29) is 6.04 Å². The molecule has 114 valence electrons. The van der Waals surface area contributed by atoms with Gasteiger partial charge in [-0.05, 0) is 76.1 Å². The lowest BCUT2D eigenvalue weighted by atomic mass is 10.0. The molecule has 1 atom stereocenters. The molecule has 0 bridgehead atoms. The summed E-state index contributed by atoms with van der Waals surface area (Å²) in [5, 5.41) is 8.81. The summed E-state index contributed by atoms with van der Waals surface area (Å²) in [6, 6.07) is 6.30. The van der Waals surface area contributed by atoms with Gasteiger partial charge in [-0.2, -0.15) is 5.10 Å². The number of halogens is 3. The molecule has 1 aromatic carbocycles. The van der Waals surface area contributed by atoms with E-state index >= 15 is 0 Å². The molecular formula is C15H18BrClIN3. The first-order valence-electron chi connectivity index (χ1n) is 6.98. The van der Waals surface area contributed by atoms with Crippen molar-refractivity contribution in [3.63, 3.8) is 0 Å². The van der Waals surface area contributed by atoms with Crippen molar-refractivity contribution < 1.29 is 0 Å². The summed E-state index contributed by atoms with van der Waals surface area (Å²) in [7, 11) is 0. The molecule has 21 heavy (non-hydrogen) atoms. The van der Waals surface area contributed by atoms with Gasteiger partial charge < -0.3 is 5.32 Å². The van der Waals surface area contributed by atoms with Crippen LogP contribution in [0.3, 0.4) is 0 Å². The monoisotopic (exact) mass is 481 g/mol. The number of hydrogen-bond acceptors (Lipinski definition) is 2. The Morgan fingerprint density at radius 2 is 2.19 bits per heavy atom. The maximum atomic E-state index is 6.30. The Morgan fingerprint density at radius 1 is 1.43 bits per heavy atom. The first-order chi connectivity index (χ1) is 10.1. The Balaban J connectivity index is 2.46. The van der Waals surface area contributed by atoms with Crippen molar-refractivity contribution >= 4 is 50.1 Å². The van der Waals surface area contributed by atoms with Crippen molar-refractivity contribution in [2.24, 2.45) is 0 Å². The Kier molecular flexibility index (Phi) is 6.52. The zero-order valence-electron chi connectivity index (χ0n) is 12.0. The van der Waals surface area contributed by atoms with Crippen LogP contribution in [0.2, 0.25) is 5.02 Å². The van der Waals surface area contributed by atoms with Crippen LogP contribution in [0, 0.1) is 3.57 Å². The number of rotatable bonds is 6. The molecule has 0 aliphatic rings. The van der Waals surface area contributed by atoms with Gasteiger partial charge in [0.2, 0.25) is 0 Å². The number of aryl methyl sites for hydroxylation is 1. The van der Waals surface area contributed by atoms with Crippen LogP contribution in [0.1, 0.15) is 37.6 Å². The van der Waals surface area contributed by atoms with E-state index in [1.54, 1.807) is 0 Å². The van der Waals surface area contributed by atoms with Crippen molar-refractivity contribution in [3.05, 3.63) is 48.7 Å². The molecular weight excluding hydrogens is 464 g/mol. The standard InChI is InChI=1S/C15H18BrClIN3/c1-3-7-19-14(10-5-6-13(18)12(17)8-10)15-11(16)9-20-21(15)4-2/h5-6,8-9,14,19H,3-4,7H2,1-2H3. The van der Waals surface area contributed by atoms with Gasteiger partial charge in [-0.1, -0.05) is 24.6 Å². The third-order valence-electron chi connectivity index (χ3n) is 3.28. The van der Waals surface area contributed by atoms with E-state index < -0.39 is 0 Å². The Hall–Kier alpha value is -0.110. The van der Waals surface area contributed by atoms with Crippen LogP contribution in [0.5, 0.6) is 0 Å². The Morgan fingerprint density at radius 3 is 2.81 bits per heavy atom. The predicted molar refractivity (Wildman–Crippen MR) is 99.9 cm³/mol. The summed E-state index contributed by atoms with van der Waals surface area (Å²) < 4.78 is 4.10. The quantitative estimate of drug-likeness (QED) is 0.587. The van der Waals surface area contributed by atoms with Gasteiger partial charge in [0.15, 0.2) is 0 Å². The molecule has 0 aliphatic heterocycles. The average Bonchev–Trinajstić information content (AvgIpc) is 2.84. The van der Waals surface area contributed by atoms with Crippen molar-refractivity contribution in [3.8, 4) is 0 Å². The van der Waals surface area contributed by atoms with Crippen LogP contribution < -0.4 is 5.32 Å². The van der Waals surface area contributed by atoms with E-state index in [2.05, 4.69) is 74.9 Å². The van der Waals surface area contributed by atoms with Crippen LogP contribution in [0.4, 0.5) is 0 Å². The molecule has 1 aromatic heterocycles. The second-order valence-electron chi connectivity index (χ2n) is 4.75. The van der Waals surface area contributed by atoms with Crippen molar-refractivity contribution in [2.45, 2.75) is 32.9 Å². The van der Waals surface area contributed by atoms with Crippen molar-refractivity contribution in [2.75, 3.05) is 6.54 Å². The maximum Gasteiger partial charge on any atom is 0.0760 e. The van der Waals surface area contributed by atoms with Crippen molar-refractivity contribution in [1.29, 1.82) is 0 Å². The summed E-state index contributed by atoms with van der Waals surface area (Å²) >= 11 is 12.2. The lowest BCUT2D eigenvalue weighted by Crippen LogP contribution is -2.26. The second kappa shape index (κ2) is 7.94. The van der Waals surface area contributed by atoms with Crippen LogP contribution >= 0.6 is 50.1 Å². The first-order valence-corrected chi connectivity index (χ1v) is 9.23. The minimum absolute atomic E-state index is 0.0799. The minimum atomic E-state index is 0.0799. The Bertz CT molecular complexity index is 615. The van der Waals surface area contributed by atoms with Crippen LogP contribution in [0.15, 0.2) is 28.9 Å². The van der Waals surface area contributed by atoms with Crippen LogP contribution in [0.25, 0.3) is 0 Å². The fraction of sp³-hybridized carbons (Fsp3) is 0.400. The van der Waals surface area contributed by atoms with Gasteiger partial charge in [-0.15, -0.1) is 0 Å². The summed E-state index contributed by atoms with van der Waals surface area (Å²) in [5.74, 6) is 0. The molecule has 0 radical (unpaired) electrons. The van der Waals surface area contributed by atoms with Gasteiger partial charge in [-0.3, -0.25) is 4.68 Å². The highest BCUT2D eigenvalue weighted by molar-refractivity contribution is 14.1. The molecule has 0 amide bonds. The summed E-state index contributed by atoms with van der Waals surface area (Å²) in [6.45, 7) is 6.04. The normalized spacial score (nSPS) is 12.6. The molecule has 0 saturated heterocycles. The fourth-order valence-corrected chi connectivity index (χ4v) is 3.31. The van der Waals surface area contributed by atoms with Crippen molar-refractivity contribution in [1.82, 2.24) is 15.1 Å². The molecule has 0 fully saturated rings. The van der Waals surface area contributed by atoms with E-state index in [0.29, 0.717) is 0 Å². The molecule has 2 rings (SSSR count). The predicted octanol–water partition coefficient (Wildman–Crippen LogP) is 5.01. The van der Waals surface area contributed by atoms with E-state index in [1.165, 1.54) is 0 Å². The number of nitrogens with one attached hydrogen (secondary N) is 1. The highest BCUT2D eigenvalue weighted by Crippen LogP contribution is 2.31. The van der Waals surface area contributed by atoms with E-state index in [4.69, 9.17) is 11.6 Å². The van der Waals surface area contributed by atoms with Gasteiger partial charge in [-0.25, -0.2) is 0 Å². The number of hydrogen-bond donors (Lipinski definition) is 1. The molecule has 0 spiro atoms. The smallest absolute Gasteiger partial charge is 0.0760 e. The van der Waals surface area contributed by atoms with Gasteiger partial charge in [0.1, 0.15) is 0 Å². The third-order valence-corrected chi connectivity index (χ3v) is 5.46. The minimum Gasteiger partial charge on any atom is -0.305 e. The molecule has 6 heteroatoms. The Labute approximate surface area is 152 Å². The second-order valence-corrected chi connectivity index (χ2v) is 7.18. The first kappa shape index (κ1) is 17.2. The van der Waals surface area contributed by atoms with Crippen LogP contribution in [-0.4, -0.2) is 16.3 Å². The lowest BCUT2D eigenvalue weighted by Gasteiger charge is -2.21. The molecule has 1 N–H and O–H groups in total. The number of aromatic nitrogens is 2. The summed E-state index contributed by atoms with van der Waals surface area (Å²) in [5.41, 5.74) is 2.30. The topological polar surface area (TPSA) is 29.9 Å². The largest absolute Gasteiger partial charge is 0.305 e. The molecule has 0 aliphatic carbocycles. The van der Waals surface area contributed by atoms with Crippen LogP contribution in [-0.2, 0) is 6.54 Å². The van der Waals surface area contributed by atoms with Gasteiger partial charge >= 0.3 is 0 Å². The van der Waals surface area contributed by atoms with E-state index in [1.807, 2.05) is 16.9 Å². The maximum absolute atomic E-state index is 6.30. The van der Waals surface area contributed by atoms with E-state index in [0.717, 1.165) is 43.8 Å². The third kappa shape index (κ3) is 4.00. The molecule has 1 heterocycles. The average molecular weight is 483 g/mol.